The minimum Gasteiger partial charge on any atom is -0.495 e. The lowest BCUT2D eigenvalue weighted by atomic mass is 10.0. The van der Waals surface area contributed by atoms with Crippen LogP contribution in [0, 0.1) is 12.8 Å². The Labute approximate surface area is 338 Å². The number of rotatable bonds is 10. The predicted octanol–water partition coefficient (Wildman–Crippen LogP) is 4.93. The molecule has 0 radical (unpaired) electrons. The monoisotopic (exact) mass is 871 g/mol. The van der Waals surface area contributed by atoms with Crippen molar-refractivity contribution in [3.63, 3.8) is 0 Å². The van der Waals surface area contributed by atoms with Crippen molar-refractivity contribution in [1.29, 1.82) is 0 Å². The third-order valence-electron chi connectivity index (χ3n) is 10.7. The van der Waals surface area contributed by atoms with Gasteiger partial charge in [0.15, 0.2) is 0 Å². The van der Waals surface area contributed by atoms with Crippen molar-refractivity contribution in [3.05, 3.63) is 56.7 Å². The number of thiophene rings is 1. The summed E-state index contributed by atoms with van der Waals surface area (Å²) in [4.78, 5) is 63.9. The summed E-state index contributed by atoms with van der Waals surface area (Å²) in [7, 11) is -2.35. The SMILES string of the molecule is CCOc1cc(O[C@@H]2C[C@H]3C(=O)N[C@]4(C(=O)NS(=O)(=O)C5CC5)C[C@H]4/C=C\CCCCC[C@H](NC(=O)c4ccc(C)s4)C(=O)N3C2)c2ccc(OC)c(Br)c2n1. The van der Waals surface area contributed by atoms with Crippen molar-refractivity contribution >= 4 is 71.8 Å². The molecule has 2 aliphatic heterocycles. The molecule has 4 amide bonds. The van der Waals surface area contributed by atoms with Crippen LogP contribution in [0.2, 0.25) is 0 Å². The van der Waals surface area contributed by atoms with Crippen LogP contribution in [-0.2, 0) is 24.4 Å². The Hall–Kier alpha value is -4.22. The number of amides is 4. The average Bonchev–Trinajstić information content (AvgIpc) is 4.05. The normalized spacial score (nSPS) is 26.2. The first-order valence-corrected chi connectivity index (χ1v) is 22.2. The van der Waals surface area contributed by atoms with Crippen molar-refractivity contribution in [3.8, 4) is 17.4 Å². The average molecular weight is 873 g/mol. The van der Waals surface area contributed by atoms with Crippen LogP contribution in [0.3, 0.4) is 0 Å². The van der Waals surface area contributed by atoms with E-state index in [-0.39, 0.29) is 25.3 Å². The Morgan fingerprint density at radius 1 is 1.11 bits per heavy atom. The van der Waals surface area contributed by atoms with Gasteiger partial charge in [-0.1, -0.05) is 25.0 Å². The molecule has 3 aromatic rings. The number of sulfonamides is 1. The van der Waals surface area contributed by atoms with E-state index in [1.807, 2.05) is 32.1 Å². The molecule has 5 atom stereocenters. The number of aromatic nitrogens is 1. The van der Waals surface area contributed by atoms with Crippen LogP contribution in [-0.4, -0.2) is 91.2 Å². The summed E-state index contributed by atoms with van der Waals surface area (Å²) in [5.41, 5.74) is -0.979. The quantitative estimate of drug-likeness (QED) is 0.237. The second kappa shape index (κ2) is 16.3. The molecule has 3 fully saturated rings. The van der Waals surface area contributed by atoms with E-state index in [2.05, 4.69) is 36.3 Å². The molecule has 3 N–H and O–H groups in total. The van der Waals surface area contributed by atoms with Crippen molar-refractivity contribution in [2.45, 2.75) is 101 Å². The Kier molecular flexibility index (Phi) is 11.7. The zero-order valence-corrected chi connectivity index (χ0v) is 34.7. The molecule has 1 saturated heterocycles. The third kappa shape index (κ3) is 8.40. The van der Waals surface area contributed by atoms with Gasteiger partial charge in [0.05, 0.1) is 40.4 Å². The summed E-state index contributed by atoms with van der Waals surface area (Å²) < 4.78 is 46.5. The fourth-order valence-corrected chi connectivity index (χ4v) is 10.2. The van der Waals surface area contributed by atoms with E-state index in [1.165, 1.54) is 16.2 Å². The number of carbonyl (C=O) groups is 4. The maximum Gasteiger partial charge on any atom is 0.262 e. The van der Waals surface area contributed by atoms with Crippen LogP contribution in [0.25, 0.3) is 10.9 Å². The first-order chi connectivity index (χ1) is 26.8. The van der Waals surface area contributed by atoms with E-state index >= 15 is 0 Å². The van der Waals surface area contributed by atoms with Crippen molar-refractivity contribution in [1.82, 2.24) is 25.2 Å². The number of methoxy groups -OCH3 is 1. The number of carbonyl (C=O) groups excluding carboxylic acids is 4. The molecule has 2 aliphatic carbocycles. The number of hydrogen-bond acceptors (Lipinski definition) is 11. The third-order valence-corrected chi connectivity index (χ3v) is 14.3. The molecular formula is C39H46BrN5O9S2. The highest BCUT2D eigenvalue weighted by Gasteiger charge is 2.62. The summed E-state index contributed by atoms with van der Waals surface area (Å²) in [6.45, 7) is 4.07. The van der Waals surface area contributed by atoms with Gasteiger partial charge in [0.1, 0.15) is 35.2 Å². The maximum atomic E-state index is 14.7. The van der Waals surface area contributed by atoms with Gasteiger partial charge in [-0.3, -0.25) is 23.9 Å². The minimum absolute atomic E-state index is 0.00883. The molecule has 14 nitrogen and oxygen atoms in total. The van der Waals surface area contributed by atoms with Crippen LogP contribution < -0.4 is 29.6 Å². The molecule has 7 rings (SSSR count). The first-order valence-electron chi connectivity index (χ1n) is 19.0. The number of allylic oxidation sites excluding steroid dienone is 1. The number of hydrogen-bond donors (Lipinski definition) is 3. The highest BCUT2D eigenvalue weighted by Crippen LogP contribution is 2.46. The number of fused-ring (bicyclic) bond motifs is 3. The van der Waals surface area contributed by atoms with Gasteiger partial charge < -0.3 is 29.7 Å². The fourth-order valence-electron chi connectivity index (χ4n) is 7.48. The van der Waals surface area contributed by atoms with E-state index in [1.54, 1.807) is 31.4 Å². The molecule has 0 spiro atoms. The zero-order chi connectivity index (χ0) is 39.8. The van der Waals surface area contributed by atoms with Gasteiger partial charge >= 0.3 is 0 Å². The van der Waals surface area contributed by atoms with E-state index in [0.29, 0.717) is 76.3 Å². The van der Waals surface area contributed by atoms with Gasteiger partial charge in [0, 0.05) is 28.7 Å². The lowest BCUT2D eigenvalue weighted by molar-refractivity contribution is -0.141. The number of benzene rings is 1. The standard InChI is InChI=1S/C39H46BrN5O9S2/c1-4-53-32-19-30(26-15-16-29(52-3)33(40)34(26)42-32)54-24-18-28-35(46)43-39(38(49)44-56(50,51)25-13-14-25)20-23(39)10-8-6-5-7-9-11-27(37(48)45(28)21-24)41-36(47)31-17-12-22(2)55-31/h8,10,12,15-17,19,23-25,27-28H,4-7,9,11,13-14,18,20-21H2,1-3H3,(H,41,47)(H,43,46)(H,44,49)/b10-8-/t23-,24-,27+,28+,39-/m1/s1. The largest absolute Gasteiger partial charge is 0.495 e. The number of pyridine rings is 1. The minimum atomic E-state index is -3.90. The molecular weight excluding hydrogens is 826 g/mol. The first kappa shape index (κ1) is 40.0. The van der Waals surface area contributed by atoms with Gasteiger partial charge in [0.2, 0.25) is 27.7 Å². The van der Waals surface area contributed by atoms with E-state index in [4.69, 9.17) is 14.2 Å². The number of halogens is 1. The highest BCUT2D eigenvalue weighted by molar-refractivity contribution is 9.10. The Morgan fingerprint density at radius 2 is 1.91 bits per heavy atom. The lowest BCUT2D eigenvalue weighted by Gasteiger charge is -2.29. The van der Waals surface area contributed by atoms with Crippen molar-refractivity contribution in [2.75, 3.05) is 20.3 Å². The van der Waals surface area contributed by atoms with Crippen LogP contribution in [0.5, 0.6) is 17.4 Å². The molecule has 300 valence electrons. The summed E-state index contributed by atoms with van der Waals surface area (Å²) in [6, 6.07) is 6.75. The fraction of sp³-hybridized carbons (Fsp3) is 0.513. The molecule has 1 aromatic carbocycles. The maximum absolute atomic E-state index is 14.7. The number of ether oxygens (including phenoxy) is 3. The van der Waals surface area contributed by atoms with Crippen LogP contribution in [0.4, 0.5) is 0 Å². The van der Waals surface area contributed by atoms with Gasteiger partial charge in [-0.15, -0.1) is 11.3 Å². The van der Waals surface area contributed by atoms with Gasteiger partial charge in [0.25, 0.3) is 11.8 Å². The molecule has 4 heterocycles. The molecule has 0 unspecified atom stereocenters. The van der Waals surface area contributed by atoms with Crippen molar-refractivity contribution < 1.29 is 41.8 Å². The molecule has 0 bridgehead atoms. The molecule has 2 saturated carbocycles. The second-order valence-electron chi connectivity index (χ2n) is 14.8. The Morgan fingerprint density at radius 3 is 2.62 bits per heavy atom. The summed E-state index contributed by atoms with van der Waals surface area (Å²) in [5.74, 6) is -1.39. The van der Waals surface area contributed by atoms with E-state index in [9.17, 15) is 27.6 Å². The predicted molar refractivity (Wildman–Crippen MR) is 213 cm³/mol. The summed E-state index contributed by atoms with van der Waals surface area (Å²) in [6.07, 6.45) is 7.61. The van der Waals surface area contributed by atoms with Crippen LogP contribution in [0.1, 0.15) is 79.3 Å². The number of nitrogens with zero attached hydrogens (tertiary/aromatic N) is 2. The van der Waals surface area contributed by atoms with E-state index < -0.39 is 62.6 Å². The van der Waals surface area contributed by atoms with Gasteiger partial charge in [-0.25, -0.2) is 13.4 Å². The van der Waals surface area contributed by atoms with Gasteiger partial charge in [-0.2, -0.15) is 0 Å². The molecule has 4 aliphatic rings. The smallest absolute Gasteiger partial charge is 0.262 e. The summed E-state index contributed by atoms with van der Waals surface area (Å²) in [5, 5.41) is 5.86. The Balaban J connectivity index is 1.22. The topological polar surface area (TPSA) is 182 Å². The summed E-state index contributed by atoms with van der Waals surface area (Å²) >= 11 is 4.91. The van der Waals surface area contributed by atoms with E-state index in [0.717, 1.165) is 17.7 Å². The van der Waals surface area contributed by atoms with Crippen molar-refractivity contribution in [2.24, 2.45) is 5.92 Å². The number of nitrogens with one attached hydrogen (secondary N) is 3. The molecule has 17 heteroatoms. The zero-order valence-electron chi connectivity index (χ0n) is 31.5. The molecule has 2 aromatic heterocycles. The second-order valence-corrected chi connectivity index (χ2v) is 18.8. The highest BCUT2D eigenvalue weighted by atomic mass is 79.9. The lowest BCUT2D eigenvalue weighted by Crippen LogP contribution is -2.58. The van der Waals surface area contributed by atoms with Crippen LogP contribution >= 0.6 is 27.3 Å². The van der Waals surface area contributed by atoms with Gasteiger partial charge in [-0.05, 0) is 92.6 Å². The van der Waals surface area contributed by atoms with Crippen LogP contribution in [0.15, 0.2) is 47.0 Å². The number of aryl methyl sites for hydroxylation is 1. The molecule has 56 heavy (non-hydrogen) atoms. The Bertz CT molecular complexity index is 2170.